The molecule has 2 atom stereocenters. The van der Waals surface area contributed by atoms with Gasteiger partial charge in [0, 0.05) is 12.2 Å². The smallest absolute Gasteiger partial charge is 0.0596 e. The third kappa shape index (κ3) is 2.77. The molecule has 1 aromatic heterocycles. The van der Waals surface area contributed by atoms with E-state index < -0.39 is 0 Å². The zero-order valence-corrected chi connectivity index (χ0v) is 12.1. The Morgan fingerprint density at radius 1 is 1.56 bits per heavy atom. The molecule has 1 heterocycles. The first-order valence-corrected chi connectivity index (χ1v) is 7.32. The summed E-state index contributed by atoms with van der Waals surface area (Å²) in [5.41, 5.74) is 8.93. The van der Waals surface area contributed by atoms with Crippen molar-refractivity contribution in [1.29, 1.82) is 0 Å². The molecule has 1 saturated carbocycles. The highest BCUT2D eigenvalue weighted by atomic mass is 15.3. The fourth-order valence-corrected chi connectivity index (χ4v) is 3.59. The van der Waals surface area contributed by atoms with Crippen molar-refractivity contribution in [2.24, 2.45) is 17.1 Å². The van der Waals surface area contributed by atoms with Crippen molar-refractivity contribution in [2.45, 2.75) is 59.4 Å². The van der Waals surface area contributed by atoms with E-state index >= 15 is 0 Å². The molecule has 1 aliphatic rings. The molecule has 2 N–H and O–H groups in total. The molecule has 3 heteroatoms. The van der Waals surface area contributed by atoms with Gasteiger partial charge in [0.1, 0.15) is 0 Å². The van der Waals surface area contributed by atoms with Crippen molar-refractivity contribution in [2.75, 3.05) is 6.54 Å². The van der Waals surface area contributed by atoms with Crippen LogP contribution in [0.1, 0.15) is 50.9 Å². The minimum atomic E-state index is 0.317. The van der Waals surface area contributed by atoms with Crippen LogP contribution in [-0.2, 0) is 13.0 Å². The molecule has 1 fully saturated rings. The number of hydrogen-bond donors (Lipinski definition) is 1. The van der Waals surface area contributed by atoms with Gasteiger partial charge in [0.2, 0.25) is 0 Å². The van der Waals surface area contributed by atoms with Gasteiger partial charge >= 0.3 is 0 Å². The van der Waals surface area contributed by atoms with Crippen LogP contribution in [0.2, 0.25) is 0 Å². The molecule has 0 radical (unpaired) electrons. The average Bonchev–Trinajstić information content (AvgIpc) is 2.69. The van der Waals surface area contributed by atoms with E-state index in [4.69, 9.17) is 5.73 Å². The second-order valence-corrected chi connectivity index (χ2v) is 6.18. The Hall–Kier alpha value is -0.830. The lowest BCUT2D eigenvalue weighted by Crippen LogP contribution is -2.37. The Kier molecular flexibility index (Phi) is 4.10. The van der Waals surface area contributed by atoms with E-state index in [-0.39, 0.29) is 0 Å². The predicted molar refractivity (Wildman–Crippen MR) is 75.5 cm³/mol. The van der Waals surface area contributed by atoms with E-state index in [1.54, 1.807) is 0 Å². The van der Waals surface area contributed by atoms with Gasteiger partial charge in [-0.15, -0.1) is 0 Å². The lowest BCUT2D eigenvalue weighted by atomic mass is 9.67. The summed E-state index contributed by atoms with van der Waals surface area (Å²) in [5, 5.41) is 4.55. The fourth-order valence-electron chi connectivity index (χ4n) is 3.59. The first kappa shape index (κ1) is 13.6. The second kappa shape index (κ2) is 5.43. The van der Waals surface area contributed by atoms with E-state index in [0.717, 1.165) is 31.1 Å². The quantitative estimate of drug-likeness (QED) is 0.891. The number of aromatic nitrogens is 2. The highest BCUT2D eigenvalue weighted by Gasteiger charge is 2.34. The van der Waals surface area contributed by atoms with Gasteiger partial charge in [-0.2, -0.15) is 5.10 Å². The summed E-state index contributed by atoms with van der Waals surface area (Å²) in [7, 11) is 0. The summed E-state index contributed by atoms with van der Waals surface area (Å²) in [5.74, 6) is 0.821. The van der Waals surface area contributed by atoms with Crippen molar-refractivity contribution in [3.63, 3.8) is 0 Å². The summed E-state index contributed by atoms with van der Waals surface area (Å²) < 4.78 is 2.14. The van der Waals surface area contributed by atoms with E-state index in [2.05, 4.69) is 36.6 Å². The van der Waals surface area contributed by atoms with E-state index in [9.17, 15) is 0 Å². The van der Waals surface area contributed by atoms with Gasteiger partial charge in [0.15, 0.2) is 0 Å². The second-order valence-electron chi connectivity index (χ2n) is 6.18. The lowest BCUT2D eigenvalue weighted by molar-refractivity contribution is 0.150. The summed E-state index contributed by atoms with van der Waals surface area (Å²) in [4.78, 5) is 0. The fraction of sp³-hybridized carbons (Fsp3) is 0.800. The largest absolute Gasteiger partial charge is 0.330 e. The first-order chi connectivity index (χ1) is 8.58. The van der Waals surface area contributed by atoms with Crippen LogP contribution in [0.3, 0.4) is 0 Å². The molecule has 18 heavy (non-hydrogen) atoms. The van der Waals surface area contributed by atoms with Gasteiger partial charge in [-0.3, -0.25) is 4.68 Å². The number of nitrogens with two attached hydrogens (primary N) is 1. The van der Waals surface area contributed by atoms with Crippen LogP contribution >= 0.6 is 0 Å². The first-order valence-electron chi connectivity index (χ1n) is 7.32. The lowest BCUT2D eigenvalue weighted by Gasteiger charge is -2.39. The van der Waals surface area contributed by atoms with E-state index in [1.165, 1.54) is 31.4 Å². The molecule has 0 spiro atoms. The zero-order chi connectivity index (χ0) is 13.2. The maximum Gasteiger partial charge on any atom is 0.0596 e. The Balaban J connectivity index is 2.18. The Labute approximate surface area is 111 Å². The van der Waals surface area contributed by atoms with Gasteiger partial charge in [0.05, 0.1) is 5.69 Å². The molecular formula is C15H27N3. The van der Waals surface area contributed by atoms with Crippen LogP contribution in [-0.4, -0.2) is 16.3 Å². The van der Waals surface area contributed by atoms with Crippen molar-refractivity contribution < 1.29 is 0 Å². The maximum atomic E-state index is 6.12. The molecule has 0 aromatic carbocycles. The average molecular weight is 249 g/mol. The molecule has 1 aromatic rings. The summed E-state index contributed by atoms with van der Waals surface area (Å²) in [6.45, 7) is 8.37. The van der Waals surface area contributed by atoms with Crippen LogP contribution in [0.15, 0.2) is 6.07 Å². The molecular weight excluding hydrogens is 222 g/mol. The monoisotopic (exact) mass is 249 g/mol. The minimum absolute atomic E-state index is 0.317. The number of hydrogen-bond acceptors (Lipinski definition) is 2. The zero-order valence-electron chi connectivity index (χ0n) is 12.1. The third-order valence-electron chi connectivity index (χ3n) is 4.46. The minimum Gasteiger partial charge on any atom is -0.330 e. The van der Waals surface area contributed by atoms with Crippen LogP contribution < -0.4 is 5.73 Å². The molecule has 102 valence electrons. The molecule has 2 unspecified atom stereocenters. The topological polar surface area (TPSA) is 43.8 Å². The summed E-state index contributed by atoms with van der Waals surface area (Å²) in [6, 6.07) is 2.24. The molecule has 0 bridgehead atoms. The third-order valence-corrected chi connectivity index (χ3v) is 4.46. The maximum absolute atomic E-state index is 6.12. The van der Waals surface area contributed by atoms with Crippen LogP contribution in [0, 0.1) is 18.3 Å². The number of rotatable bonds is 4. The van der Waals surface area contributed by atoms with Crippen molar-refractivity contribution in [3.05, 3.63) is 17.5 Å². The Bertz CT molecular complexity index is 396. The number of nitrogens with zero attached hydrogens (tertiary/aromatic N) is 2. The van der Waals surface area contributed by atoms with Crippen molar-refractivity contribution in [1.82, 2.24) is 9.78 Å². The molecule has 0 amide bonds. The van der Waals surface area contributed by atoms with E-state index in [0.29, 0.717) is 5.41 Å². The molecule has 0 aliphatic heterocycles. The molecule has 0 saturated heterocycles. The van der Waals surface area contributed by atoms with Crippen LogP contribution in [0.5, 0.6) is 0 Å². The molecule has 2 rings (SSSR count). The van der Waals surface area contributed by atoms with Crippen molar-refractivity contribution >= 4 is 0 Å². The summed E-state index contributed by atoms with van der Waals surface area (Å²) >= 11 is 0. The Morgan fingerprint density at radius 2 is 2.33 bits per heavy atom. The van der Waals surface area contributed by atoms with Crippen LogP contribution in [0.25, 0.3) is 0 Å². The van der Waals surface area contributed by atoms with Gasteiger partial charge in [-0.1, -0.05) is 19.8 Å². The highest BCUT2D eigenvalue weighted by Crippen LogP contribution is 2.41. The van der Waals surface area contributed by atoms with Gasteiger partial charge in [-0.05, 0) is 57.1 Å². The van der Waals surface area contributed by atoms with E-state index in [1.807, 2.05) is 0 Å². The SMILES string of the molecule is CCn1nc(C)cc1CC1(CN)CCCC(C)C1. The molecule has 3 nitrogen and oxygen atoms in total. The standard InChI is InChI=1S/C15H27N3/c1-4-18-14(8-13(3)17-18)10-15(11-16)7-5-6-12(2)9-15/h8,12H,4-7,9-11,16H2,1-3H3. The van der Waals surface area contributed by atoms with Crippen LogP contribution in [0.4, 0.5) is 0 Å². The Morgan fingerprint density at radius 3 is 2.94 bits per heavy atom. The summed E-state index contributed by atoms with van der Waals surface area (Å²) in [6.07, 6.45) is 6.35. The predicted octanol–water partition coefficient (Wildman–Crippen LogP) is 2.91. The normalized spacial score (nSPS) is 28.6. The van der Waals surface area contributed by atoms with Gasteiger partial charge < -0.3 is 5.73 Å². The van der Waals surface area contributed by atoms with Gasteiger partial charge in [-0.25, -0.2) is 0 Å². The van der Waals surface area contributed by atoms with Crippen molar-refractivity contribution in [3.8, 4) is 0 Å². The highest BCUT2D eigenvalue weighted by molar-refractivity contribution is 5.12. The molecule has 1 aliphatic carbocycles. The number of aryl methyl sites for hydroxylation is 2. The van der Waals surface area contributed by atoms with Gasteiger partial charge in [0.25, 0.3) is 0 Å².